The minimum absolute atomic E-state index is 0.0187. The highest BCUT2D eigenvalue weighted by atomic mass is 16.7. The maximum absolute atomic E-state index is 12.8. The first-order valence-corrected chi connectivity index (χ1v) is 11.7. The summed E-state index contributed by atoms with van der Waals surface area (Å²) >= 11 is 0. The summed E-state index contributed by atoms with van der Waals surface area (Å²) in [6.45, 7) is 7.30. The zero-order valence-electron chi connectivity index (χ0n) is 21.6. The van der Waals surface area contributed by atoms with Crippen molar-refractivity contribution in [1.82, 2.24) is 0 Å². The number of aliphatic carboxylic acids is 1. The monoisotopic (exact) mass is 526 g/mol. The van der Waals surface area contributed by atoms with Gasteiger partial charge in [-0.25, -0.2) is 4.79 Å². The molecule has 0 fully saturated rings. The van der Waals surface area contributed by atoms with Crippen LogP contribution in [-0.4, -0.2) is 70.1 Å². The molecular weight excluding hydrogens is 488 g/mol. The Bertz CT molecular complexity index is 954. The molecule has 0 saturated carbocycles. The minimum Gasteiger partial charge on any atom is -0.480 e. The van der Waals surface area contributed by atoms with Gasteiger partial charge in [-0.15, -0.1) is 0 Å². The smallest absolute Gasteiger partial charge is 0.330 e. The molecule has 0 saturated heterocycles. The largest absolute Gasteiger partial charge is 0.480 e. The van der Waals surface area contributed by atoms with Crippen LogP contribution in [0.25, 0.3) is 0 Å². The van der Waals surface area contributed by atoms with E-state index in [4.69, 9.17) is 37.1 Å². The molecule has 0 bridgehead atoms. The van der Waals surface area contributed by atoms with E-state index in [1.165, 1.54) is 32.9 Å². The van der Waals surface area contributed by atoms with E-state index in [0.29, 0.717) is 5.56 Å². The number of hydrogen-bond donors (Lipinski definition) is 6. The van der Waals surface area contributed by atoms with Crippen LogP contribution in [0.1, 0.15) is 40.2 Å². The van der Waals surface area contributed by atoms with Gasteiger partial charge in [-0.1, -0.05) is 32.9 Å². The molecule has 208 valence electrons. The van der Waals surface area contributed by atoms with Gasteiger partial charge >= 0.3 is 23.9 Å². The Morgan fingerprint density at radius 2 is 1.35 bits per heavy atom. The summed E-state index contributed by atoms with van der Waals surface area (Å²) in [5.74, 6) is -7.45. The summed E-state index contributed by atoms with van der Waals surface area (Å²) < 4.78 is 15.9. The van der Waals surface area contributed by atoms with Crippen LogP contribution in [0.4, 0.5) is 0 Å². The highest BCUT2D eigenvalue weighted by Gasteiger charge is 2.46. The Hall–Kier alpha value is -3.10. The molecule has 0 spiro atoms. The molecule has 13 nitrogen and oxygen atoms in total. The lowest BCUT2D eigenvalue weighted by molar-refractivity contribution is -0.244. The van der Waals surface area contributed by atoms with Gasteiger partial charge in [0.05, 0.1) is 12.0 Å². The summed E-state index contributed by atoms with van der Waals surface area (Å²) in [5, 5.41) is 18.7. The molecule has 13 heteroatoms. The van der Waals surface area contributed by atoms with Gasteiger partial charge in [0.1, 0.15) is 29.9 Å². The van der Waals surface area contributed by atoms with Gasteiger partial charge in [-0.2, -0.15) is 0 Å². The number of esters is 3. The van der Waals surface area contributed by atoms with Crippen LogP contribution in [0.5, 0.6) is 5.75 Å². The Kier molecular flexibility index (Phi) is 11.6. The van der Waals surface area contributed by atoms with Gasteiger partial charge in [0.25, 0.3) is 5.79 Å². The number of benzene rings is 1. The van der Waals surface area contributed by atoms with Crippen molar-refractivity contribution in [3.8, 4) is 5.75 Å². The van der Waals surface area contributed by atoms with Gasteiger partial charge in [0.15, 0.2) is 0 Å². The third-order valence-electron chi connectivity index (χ3n) is 5.94. The number of ether oxygens (including phenoxy) is 3. The standard InChI is InChI=1S/C24H38N4O9/c1-11(2)17(26)23(34)37-24(5,12(3)18(27)20(30)31)36-21(32)16(25)10-14-6-8-15(9-7-14)35-22(33)19(28)13(4)29/h6-9,11-13,16-19,29H,10,25-28H2,1-5H3,(H,30,31)/t12-,13+,16-,17?,18+,19-,24?/m1/s1. The number of hydrogen-bond acceptors (Lipinski definition) is 12. The van der Waals surface area contributed by atoms with E-state index in [2.05, 4.69) is 0 Å². The van der Waals surface area contributed by atoms with Crippen LogP contribution in [0.2, 0.25) is 0 Å². The summed E-state index contributed by atoms with van der Waals surface area (Å²) in [5.41, 5.74) is 23.7. The van der Waals surface area contributed by atoms with Crippen LogP contribution < -0.4 is 27.7 Å². The van der Waals surface area contributed by atoms with Crippen molar-refractivity contribution in [3.05, 3.63) is 29.8 Å². The molecule has 0 heterocycles. The van der Waals surface area contributed by atoms with Crippen LogP contribution in [0.3, 0.4) is 0 Å². The molecule has 0 radical (unpaired) electrons. The molecule has 0 aromatic heterocycles. The molecule has 37 heavy (non-hydrogen) atoms. The maximum atomic E-state index is 12.8. The number of carboxylic acids is 1. The summed E-state index contributed by atoms with van der Waals surface area (Å²) in [6.07, 6.45) is -1.11. The molecule has 1 aromatic rings. The number of carbonyl (C=O) groups excluding carboxylic acids is 3. The van der Waals surface area contributed by atoms with Crippen molar-refractivity contribution >= 4 is 23.9 Å². The molecular formula is C24H38N4O9. The summed E-state index contributed by atoms with van der Waals surface area (Å²) in [4.78, 5) is 48.6. The lowest BCUT2D eigenvalue weighted by Gasteiger charge is -2.37. The lowest BCUT2D eigenvalue weighted by atomic mass is 9.93. The third-order valence-corrected chi connectivity index (χ3v) is 5.94. The highest BCUT2D eigenvalue weighted by Crippen LogP contribution is 2.28. The van der Waals surface area contributed by atoms with Crippen LogP contribution in [-0.2, 0) is 35.1 Å². The molecule has 1 aromatic carbocycles. The van der Waals surface area contributed by atoms with Crippen molar-refractivity contribution in [1.29, 1.82) is 0 Å². The Morgan fingerprint density at radius 1 is 0.838 bits per heavy atom. The highest BCUT2D eigenvalue weighted by molar-refractivity contribution is 5.79. The molecule has 0 aliphatic rings. The van der Waals surface area contributed by atoms with E-state index in [0.717, 1.165) is 0 Å². The quantitative estimate of drug-likeness (QED) is 0.103. The second kappa shape index (κ2) is 13.4. The van der Waals surface area contributed by atoms with E-state index in [1.807, 2.05) is 0 Å². The molecule has 0 aliphatic heterocycles. The average molecular weight is 527 g/mol. The number of carboxylic acid groups (broad SMARTS) is 1. The number of nitrogens with two attached hydrogens (primary N) is 4. The number of carbonyl (C=O) groups is 4. The van der Waals surface area contributed by atoms with Gasteiger partial charge in [0, 0.05) is 6.92 Å². The molecule has 0 amide bonds. The van der Waals surface area contributed by atoms with Gasteiger partial charge < -0.3 is 47.4 Å². The predicted octanol–water partition coefficient (Wildman–Crippen LogP) is -0.996. The van der Waals surface area contributed by atoms with Crippen LogP contribution >= 0.6 is 0 Å². The van der Waals surface area contributed by atoms with Crippen molar-refractivity contribution < 1.29 is 43.6 Å². The van der Waals surface area contributed by atoms with Crippen molar-refractivity contribution in [2.24, 2.45) is 34.8 Å². The third kappa shape index (κ3) is 9.05. The fraction of sp³-hybridized carbons (Fsp3) is 0.583. The minimum atomic E-state index is -2.07. The molecule has 2 unspecified atom stereocenters. The number of rotatable bonds is 13. The fourth-order valence-corrected chi connectivity index (χ4v) is 2.97. The second-order valence-electron chi connectivity index (χ2n) is 9.42. The van der Waals surface area contributed by atoms with Crippen molar-refractivity contribution in [3.63, 3.8) is 0 Å². The van der Waals surface area contributed by atoms with E-state index in [9.17, 15) is 29.4 Å². The first-order valence-electron chi connectivity index (χ1n) is 11.7. The van der Waals surface area contributed by atoms with Crippen LogP contribution in [0, 0.1) is 11.8 Å². The summed E-state index contributed by atoms with van der Waals surface area (Å²) in [6, 6.07) is 0.971. The lowest BCUT2D eigenvalue weighted by Crippen LogP contribution is -2.56. The topological polar surface area (TPSA) is 241 Å². The summed E-state index contributed by atoms with van der Waals surface area (Å²) in [7, 11) is 0. The first-order chi connectivity index (χ1) is 17.0. The molecule has 0 aliphatic carbocycles. The predicted molar refractivity (Wildman–Crippen MR) is 132 cm³/mol. The SMILES string of the molecule is CC(C)C(N)C(=O)OC(C)(OC(=O)[C@H](N)Cc1ccc(OC(=O)[C@H](N)[C@H](C)O)cc1)[C@H](C)[C@H](N)C(=O)O. The van der Waals surface area contributed by atoms with E-state index in [1.54, 1.807) is 26.0 Å². The zero-order valence-corrected chi connectivity index (χ0v) is 21.6. The van der Waals surface area contributed by atoms with Crippen LogP contribution in [0.15, 0.2) is 24.3 Å². The maximum Gasteiger partial charge on any atom is 0.330 e. The van der Waals surface area contributed by atoms with E-state index in [-0.39, 0.29) is 18.1 Å². The molecule has 1 rings (SSSR count). The van der Waals surface area contributed by atoms with Crippen molar-refractivity contribution in [2.75, 3.05) is 0 Å². The van der Waals surface area contributed by atoms with E-state index < -0.39 is 65.9 Å². The normalized spacial score (nSPS) is 17.9. The number of aliphatic hydroxyl groups is 1. The zero-order chi connectivity index (χ0) is 28.7. The molecule has 7 atom stereocenters. The second-order valence-corrected chi connectivity index (χ2v) is 9.42. The Labute approximate surface area is 215 Å². The van der Waals surface area contributed by atoms with Gasteiger partial charge in [-0.05, 0) is 37.0 Å². The van der Waals surface area contributed by atoms with E-state index >= 15 is 0 Å². The Morgan fingerprint density at radius 3 is 1.81 bits per heavy atom. The van der Waals surface area contributed by atoms with Crippen molar-refractivity contribution in [2.45, 2.75) is 77.1 Å². The van der Waals surface area contributed by atoms with Gasteiger partial charge in [0.2, 0.25) is 0 Å². The first kappa shape index (κ1) is 31.9. The Balaban J connectivity index is 2.98. The fourth-order valence-electron chi connectivity index (χ4n) is 2.97. The molecule has 10 N–H and O–H groups in total. The average Bonchev–Trinajstić information content (AvgIpc) is 2.82. The van der Waals surface area contributed by atoms with Gasteiger partial charge in [-0.3, -0.25) is 14.4 Å². The number of aliphatic hydroxyl groups excluding tert-OH is 1.